The molecule has 2 nitrogen and oxygen atoms in total. The number of benzene rings is 1. The quantitative estimate of drug-likeness (QED) is 0.793. The molecule has 1 fully saturated rings. The van der Waals surface area contributed by atoms with Gasteiger partial charge in [0.25, 0.3) is 0 Å². The molecule has 2 rings (SSSR count). The smallest absolute Gasteiger partial charge is 0.123 e. The Morgan fingerprint density at radius 1 is 1.33 bits per heavy atom. The number of halogens is 1. The summed E-state index contributed by atoms with van der Waals surface area (Å²) in [5.41, 5.74) is 2.28. The van der Waals surface area contributed by atoms with Crippen molar-refractivity contribution in [2.75, 3.05) is 26.2 Å². The van der Waals surface area contributed by atoms with Crippen molar-refractivity contribution < 1.29 is 4.39 Å². The molecule has 1 aliphatic rings. The second-order valence-corrected chi connectivity index (χ2v) is 4.10. The Kier molecular flexibility index (Phi) is 3.34. The first kappa shape index (κ1) is 10.6. The SMILES string of the molecule is Cc1ccc(F)cc1CN1CCNCC1. The molecular formula is C12H17FN2. The Hall–Kier alpha value is -0.930. The first-order chi connectivity index (χ1) is 7.25. The van der Waals surface area contributed by atoms with Crippen LogP contribution in [-0.2, 0) is 6.54 Å². The van der Waals surface area contributed by atoms with Crippen molar-refractivity contribution in [1.29, 1.82) is 0 Å². The van der Waals surface area contributed by atoms with Crippen molar-refractivity contribution in [3.05, 3.63) is 35.1 Å². The van der Waals surface area contributed by atoms with E-state index in [-0.39, 0.29) is 5.82 Å². The van der Waals surface area contributed by atoms with Gasteiger partial charge in [0.1, 0.15) is 5.82 Å². The van der Waals surface area contributed by atoms with Crippen molar-refractivity contribution in [1.82, 2.24) is 10.2 Å². The summed E-state index contributed by atoms with van der Waals surface area (Å²) in [6.45, 7) is 7.08. The number of nitrogens with zero attached hydrogens (tertiary/aromatic N) is 1. The van der Waals surface area contributed by atoms with Crippen molar-refractivity contribution in [3.63, 3.8) is 0 Å². The Morgan fingerprint density at radius 2 is 2.07 bits per heavy atom. The van der Waals surface area contributed by atoms with E-state index in [0.717, 1.165) is 38.3 Å². The summed E-state index contributed by atoms with van der Waals surface area (Å²) in [5, 5.41) is 3.31. The first-order valence-electron chi connectivity index (χ1n) is 5.44. The second kappa shape index (κ2) is 4.73. The third-order valence-corrected chi connectivity index (χ3v) is 2.91. The zero-order valence-corrected chi connectivity index (χ0v) is 9.09. The Bertz CT molecular complexity index is 332. The molecular weight excluding hydrogens is 191 g/mol. The summed E-state index contributed by atoms with van der Waals surface area (Å²) in [6, 6.07) is 5.03. The second-order valence-electron chi connectivity index (χ2n) is 4.10. The molecule has 0 aromatic heterocycles. The van der Waals surface area contributed by atoms with Crippen LogP contribution in [0.4, 0.5) is 4.39 Å². The maximum Gasteiger partial charge on any atom is 0.123 e. The number of piperazine rings is 1. The maximum atomic E-state index is 13.1. The van der Waals surface area contributed by atoms with E-state index in [2.05, 4.69) is 10.2 Å². The first-order valence-corrected chi connectivity index (χ1v) is 5.44. The van der Waals surface area contributed by atoms with E-state index in [9.17, 15) is 4.39 Å². The molecule has 0 unspecified atom stereocenters. The Balaban J connectivity index is 2.05. The molecule has 1 N–H and O–H groups in total. The normalized spacial score (nSPS) is 18.0. The van der Waals surface area contributed by atoms with Gasteiger partial charge in [-0.25, -0.2) is 4.39 Å². The molecule has 0 amide bonds. The highest BCUT2D eigenvalue weighted by molar-refractivity contribution is 5.26. The van der Waals surface area contributed by atoms with Gasteiger partial charge in [-0.15, -0.1) is 0 Å². The van der Waals surface area contributed by atoms with Gasteiger partial charge < -0.3 is 5.32 Å². The summed E-state index contributed by atoms with van der Waals surface area (Å²) >= 11 is 0. The molecule has 0 radical (unpaired) electrons. The standard InChI is InChI=1S/C12H17FN2/c1-10-2-3-12(13)8-11(10)9-15-6-4-14-5-7-15/h2-3,8,14H,4-7,9H2,1H3. The molecule has 0 atom stereocenters. The summed E-state index contributed by atoms with van der Waals surface area (Å²) < 4.78 is 13.1. The van der Waals surface area contributed by atoms with Gasteiger partial charge in [-0.1, -0.05) is 6.07 Å². The van der Waals surface area contributed by atoms with Crippen LogP contribution in [0.15, 0.2) is 18.2 Å². The van der Waals surface area contributed by atoms with Crippen molar-refractivity contribution in [2.24, 2.45) is 0 Å². The highest BCUT2D eigenvalue weighted by Gasteiger charge is 2.11. The summed E-state index contributed by atoms with van der Waals surface area (Å²) in [7, 11) is 0. The molecule has 1 heterocycles. The molecule has 1 aromatic rings. The van der Waals surface area contributed by atoms with Gasteiger partial charge in [-0.3, -0.25) is 4.90 Å². The fourth-order valence-corrected chi connectivity index (χ4v) is 1.92. The topological polar surface area (TPSA) is 15.3 Å². The van der Waals surface area contributed by atoms with Crippen LogP contribution in [0.25, 0.3) is 0 Å². The lowest BCUT2D eigenvalue weighted by Gasteiger charge is -2.27. The molecule has 1 aromatic carbocycles. The molecule has 0 saturated carbocycles. The lowest BCUT2D eigenvalue weighted by molar-refractivity contribution is 0.232. The van der Waals surface area contributed by atoms with Crippen LogP contribution in [0.3, 0.4) is 0 Å². The molecule has 1 aliphatic heterocycles. The number of rotatable bonds is 2. The molecule has 82 valence electrons. The van der Waals surface area contributed by atoms with Crippen LogP contribution >= 0.6 is 0 Å². The third kappa shape index (κ3) is 2.76. The highest BCUT2D eigenvalue weighted by Crippen LogP contribution is 2.13. The van der Waals surface area contributed by atoms with Gasteiger partial charge in [-0.05, 0) is 30.2 Å². The molecule has 3 heteroatoms. The van der Waals surface area contributed by atoms with Crippen molar-refractivity contribution >= 4 is 0 Å². The van der Waals surface area contributed by atoms with Crippen LogP contribution < -0.4 is 5.32 Å². The minimum absolute atomic E-state index is 0.134. The van der Waals surface area contributed by atoms with Gasteiger partial charge in [0.05, 0.1) is 0 Å². The van der Waals surface area contributed by atoms with E-state index in [1.54, 1.807) is 6.07 Å². The summed E-state index contributed by atoms with van der Waals surface area (Å²) in [6.07, 6.45) is 0. The van der Waals surface area contributed by atoms with Crippen LogP contribution in [0, 0.1) is 12.7 Å². The van der Waals surface area contributed by atoms with Crippen LogP contribution in [0.2, 0.25) is 0 Å². The van der Waals surface area contributed by atoms with E-state index in [1.165, 1.54) is 11.6 Å². The van der Waals surface area contributed by atoms with Gasteiger partial charge in [0.15, 0.2) is 0 Å². The van der Waals surface area contributed by atoms with Crippen molar-refractivity contribution in [3.8, 4) is 0 Å². The molecule has 0 aliphatic carbocycles. The Morgan fingerprint density at radius 3 is 2.80 bits per heavy atom. The third-order valence-electron chi connectivity index (χ3n) is 2.91. The van der Waals surface area contributed by atoms with Gasteiger partial charge in [0, 0.05) is 32.7 Å². The van der Waals surface area contributed by atoms with Gasteiger partial charge >= 0.3 is 0 Å². The maximum absolute atomic E-state index is 13.1. The number of nitrogens with one attached hydrogen (secondary N) is 1. The summed E-state index contributed by atoms with van der Waals surface area (Å²) in [5.74, 6) is -0.134. The zero-order valence-electron chi connectivity index (χ0n) is 9.09. The van der Waals surface area contributed by atoms with E-state index < -0.39 is 0 Å². The zero-order chi connectivity index (χ0) is 10.7. The van der Waals surface area contributed by atoms with E-state index in [0.29, 0.717) is 0 Å². The molecule has 0 bridgehead atoms. The fraction of sp³-hybridized carbons (Fsp3) is 0.500. The lowest BCUT2D eigenvalue weighted by Crippen LogP contribution is -2.43. The van der Waals surface area contributed by atoms with Crippen molar-refractivity contribution in [2.45, 2.75) is 13.5 Å². The van der Waals surface area contributed by atoms with E-state index >= 15 is 0 Å². The molecule has 1 saturated heterocycles. The predicted molar refractivity (Wildman–Crippen MR) is 59.3 cm³/mol. The average Bonchev–Trinajstić information content (AvgIpc) is 2.25. The van der Waals surface area contributed by atoms with Gasteiger partial charge in [0.2, 0.25) is 0 Å². The minimum atomic E-state index is -0.134. The lowest BCUT2D eigenvalue weighted by atomic mass is 10.1. The monoisotopic (exact) mass is 208 g/mol. The van der Waals surface area contributed by atoms with Crippen LogP contribution in [0.5, 0.6) is 0 Å². The van der Waals surface area contributed by atoms with E-state index in [4.69, 9.17) is 0 Å². The van der Waals surface area contributed by atoms with Crippen LogP contribution in [-0.4, -0.2) is 31.1 Å². The number of aryl methyl sites for hydroxylation is 1. The molecule has 0 spiro atoms. The number of hydrogen-bond acceptors (Lipinski definition) is 2. The average molecular weight is 208 g/mol. The minimum Gasteiger partial charge on any atom is -0.314 e. The molecule has 15 heavy (non-hydrogen) atoms. The Labute approximate surface area is 90.1 Å². The number of hydrogen-bond donors (Lipinski definition) is 1. The largest absolute Gasteiger partial charge is 0.314 e. The highest BCUT2D eigenvalue weighted by atomic mass is 19.1. The predicted octanol–water partition coefficient (Wildman–Crippen LogP) is 1.54. The van der Waals surface area contributed by atoms with Crippen LogP contribution in [0.1, 0.15) is 11.1 Å². The van der Waals surface area contributed by atoms with E-state index in [1.807, 2.05) is 13.0 Å². The van der Waals surface area contributed by atoms with Gasteiger partial charge in [-0.2, -0.15) is 0 Å². The fourth-order valence-electron chi connectivity index (χ4n) is 1.92. The summed E-state index contributed by atoms with van der Waals surface area (Å²) in [4.78, 5) is 2.36.